The second-order valence-electron chi connectivity index (χ2n) is 5.24. The molecule has 18 heavy (non-hydrogen) atoms. The summed E-state index contributed by atoms with van der Waals surface area (Å²) in [6.07, 6.45) is 2.60. The summed E-state index contributed by atoms with van der Waals surface area (Å²) in [5, 5.41) is 13.1. The monoisotopic (exact) mass is 249 g/mol. The molecule has 1 aromatic rings. The summed E-state index contributed by atoms with van der Waals surface area (Å²) < 4.78 is 5.73. The van der Waals surface area contributed by atoms with Gasteiger partial charge in [-0.15, -0.1) is 0 Å². The van der Waals surface area contributed by atoms with Gasteiger partial charge in [0.25, 0.3) is 0 Å². The number of hydrogen-bond donors (Lipinski definition) is 2. The zero-order chi connectivity index (χ0) is 13.0. The van der Waals surface area contributed by atoms with Crippen LogP contribution in [0.3, 0.4) is 0 Å². The molecule has 2 rings (SSSR count). The van der Waals surface area contributed by atoms with Crippen LogP contribution in [0.15, 0.2) is 30.3 Å². The Morgan fingerprint density at radius 1 is 1.22 bits per heavy atom. The van der Waals surface area contributed by atoms with Crippen LogP contribution in [0.2, 0.25) is 0 Å². The molecule has 1 aliphatic heterocycles. The van der Waals surface area contributed by atoms with Gasteiger partial charge in [0.15, 0.2) is 0 Å². The van der Waals surface area contributed by atoms with Gasteiger partial charge in [0.05, 0.1) is 24.9 Å². The molecular weight excluding hydrogens is 226 g/mol. The summed E-state index contributed by atoms with van der Waals surface area (Å²) in [5.41, 5.74) is 1.15. The molecule has 0 saturated carbocycles. The lowest BCUT2D eigenvalue weighted by molar-refractivity contribution is -0.0445. The quantitative estimate of drug-likeness (QED) is 0.860. The van der Waals surface area contributed by atoms with Crippen LogP contribution in [0.25, 0.3) is 0 Å². The Kier molecular flexibility index (Phi) is 4.75. The molecular formula is C15H23NO2. The van der Waals surface area contributed by atoms with E-state index in [-0.39, 0.29) is 12.6 Å². The van der Waals surface area contributed by atoms with Crippen LogP contribution < -0.4 is 5.32 Å². The molecule has 0 aromatic heterocycles. The third-order valence-corrected chi connectivity index (χ3v) is 3.52. The highest BCUT2D eigenvalue weighted by Gasteiger charge is 2.26. The Labute approximate surface area is 109 Å². The normalized spacial score (nSPS) is 30.1. The zero-order valence-electron chi connectivity index (χ0n) is 11.2. The first-order valence-electron chi connectivity index (χ1n) is 6.76. The Hall–Kier alpha value is -0.900. The van der Waals surface area contributed by atoms with E-state index in [9.17, 15) is 5.11 Å². The molecule has 1 saturated heterocycles. The average molecular weight is 249 g/mol. The first-order chi connectivity index (χ1) is 8.69. The number of hydrogen-bond acceptors (Lipinski definition) is 3. The molecule has 2 N–H and O–H groups in total. The van der Waals surface area contributed by atoms with Gasteiger partial charge in [-0.3, -0.25) is 0 Å². The highest BCUT2D eigenvalue weighted by Crippen LogP contribution is 2.22. The van der Waals surface area contributed by atoms with E-state index in [4.69, 9.17) is 4.74 Å². The van der Waals surface area contributed by atoms with Crippen LogP contribution >= 0.6 is 0 Å². The van der Waals surface area contributed by atoms with Gasteiger partial charge in [-0.2, -0.15) is 0 Å². The maximum Gasteiger partial charge on any atom is 0.0626 e. The van der Waals surface area contributed by atoms with Crippen molar-refractivity contribution in [3.05, 3.63) is 35.9 Å². The van der Waals surface area contributed by atoms with Crippen LogP contribution in [0, 0.1) is 0 Å². The predicted molar refractivity (Wildman–Crippen MR) is 72.4 cm³/mol. The minimum atomic E-state index is 0.0219. The second kappa shape index (κ2) is 6.32. The molecule has 3 heteroatoms. The van der Waals surface area contributed by atoms with Crippen molar-refractivity contribution in [1.29, 1.82) is 0 Å². The zero-order valence-corrected chi connectivity index (χ0v) is 11.2. The highest BCUT2D eigenvalue weighted by molar-refractivity contribution is 5.19. The minimum absolute atomic E-state index is 0.0219. The fourth-order valence-electron chi connectivity index (χ4n) is 2.77. The van der Waals surface area contributed by atoms with Crippen molar-refractivity contribution in [1.82, 2.24) is 5.32 Å². The summed E-state index contributed by atoms with van der Waals surface area (Å²) in [7, 11) is 0. The molecule has 100 valence electrons. The van der Waals surface area contributed by atoms with Crippen LogP contribution in [-0.2, 0) is 4.74 Å². The van der Waals surface area contributed by atoms with Gasteiger partial charge in [0.1, 0.15) is 0 Å². The molecule has 0 amide bonds. The number of aliphatic hydroxyl groups excluding tert-OH is 1. The summed E-state index contributed by atoms with van der Waals surface area (Å²) in [6, 6.07) is 10.6. The van der Waals surface area contributed by atoms with Crippen LogP contribution in [0.1, 0.15) is 38.3 Å². The highest BCUT2D eigenvalue weighted by atomic mass is 16.5. The predicted octanol–water partition coefficient (Wildman–Crippen LogP) is 2.27. The van der Waals surface area contributed by atoms with Crippen molar-refractivity contribution in [2.75, 3.05) is 6.61 Å². The third-order valence-electron chi connectivity index (χ3n) is 3.52. The Morgan fingerprint density at radius 3 is 2.39 bits per heavy atom. The first kappa shape index (κ1) is 13.5. The van der Waals surface area contributed by atoms with Gasteiger partial charge in [-0.25, -0.2) is 0 Å². The smallest absolute Gasteiger partial charge is 0.0626 e. The van der Waals surface area contributed by atoms with E-state index in [2.05, 4.69) is 31.3 Å². The van der Waals surface area contributed by atoms with Gasteiger partial charge in [-0.05, 0) is 32.3 Å². The summed E-state index contributed by atoms with van der Waals surface area (Å²) in [4.78, 5) is 0. The molecule has 1 heterocycles. The standard InChI is InChI=1S/C15H23NO2/c1-11-8-14(9-12(2)18-11)16-15(10-17)13-6-4-3-5-7-13/h3-7,11-12,14-17H,8-10H2,1-2H3/t11?,12?,14?,15-/m0/s1. The Balaban J connectivity index is 1.98. The maximum atomic E-state index is 9.55. The van der Waals surface area contributed by atoms with Crippen LogP contribution in [-0.4, -0.2) is 30.0 Å². The van der Waals surface area contributed by atoms with Crippen molar-refractivity contribution in [3.8, 4) is 0 Å². The minimum Gasteiger partial charge on any atom is -0.394 e. The molecule has 2 unspecified atom stereocenters. The molecule has 1 aliphatic rings. The fourth-order valence-corrected chi connectivity index (χ4v) is 2.77. The van der Waals surface area contributed by atoms with E-state index in [0.29, 0.717) is 18.2 Å². The number of aliphatic hydroxyl groups is 1. The fraction of sp³-hybridized carbons (Fsp3) is 0.600. The van der Waals surface area contributed by atoms with Crippen molar-refractivity contribution in [2.45, 2.75) is 51.0 Å². The van der Waals surface area contributed by atoms with E-state index in [1.54, 1.807) is 0 Å². The van der Waals surface area contributed by atoms with Crippen molar-refractivity contribution >= 4 is 0 Å². The molecule has 3 nitrogen and oxygen atoms in total. The molecule has 0 spiro atoms. The number of benzene rings is 1. The first-order valence-corrected chi connectivity index (χ1v) is 6.76. The summed E-state index contributed by atoms with van der Waals surface area (Å²) in [6.45, 7) is 4.35. The van der Waals surface area contributed by atoms with Gasteiger partial charge in [0, 0.05) is 6.04 Å². The summed E-state index contributed by atoms with van der Waals surface area (Å²) in [5.74, 6) is 0. The lowest BCUT2D eigenvalue weighted by atomic mass is 9.97. The number of nitrogens with one attached hydrogen (secondary N) is 1. The van der Waals surface area contributed by atoms with E-state index in [1.165, 1.54) is 0 Å². The van der Waals surface area contributed by atoms with Crippen LogP contribution in [0.4, 0.5) is 0 Å². The molecule has 0 aliphatic carbocycles. The molecule has 1 fully saturated rings. The Morgan fingerprint density at radius 2 is 1.83 bits per heavy atom. The van der Waals surface area contributed by atoms with E-state index < -0.39 is 0 Å². The van der Waals surface area contributed by atoms with Gasteiger partial charge in [-0.1, -0.05) is 30.3 Å². The largest absolute Gasteiger partial charge is 0.394 e. The van der Waals surface area contributed by atoms with E-state index >= 15 is 0 Å². The molecule has 0 radical (unpaired) electrons. The molecule has 1 aromatic carbocycles. The average Bonchev–Trinajstić information content (AvgIpc) is 2.36. The Bertz CT molecular complexity index is 345. The lowest BCUT2D eigenvalue weighted by Crippen LogP contribution is -2.43. The number of ether oxygens (including phenoxy) is 1. The van der Waals surface area contributed by atoms with Gasteiger partial charge < -0.3 is 15.2 Å². The van der Waals surface area contributed by atoms with E-state index in [1.807, 2.05) is 18.2 Å². The lowest BCUT2D eigenvalue weighted by Gasteiger charge is -2.34. The SMILES string of the molecule is CC1CC(N[C@@H](CO)c2ccccc2)CC(C)O1. The number of rotatable bonds is 4. The van der Waals surface area contributed by atoms with E-state index in [0.717, 1.165) is 18.4 Å². The van der Waals surface area contributed by atoms with Gasteiger partial charge in [0.2, 0.25) is 0 Å². The molecule has 0 bridgehead atoms. The van der Waals surface area contributed by atoms with Crippen molar-refractivity contribution in [2.24, 2.45) is 0 Å². The van der Waals surface area contributed by atoms with Crippen molar-refractivity contribution < 1.29 is 9.84 Å². The topological polar surface area (TPSA) is 41.5 Å². The summed E-state index contributed by atoms with van der Waals surface area (Å²) >= 11 is 0. The second-order valence-corrected chi connectivity index (χ2v) is 5.24. The maximum absolute atomic E-state index is 9.55. The van der Waals surface area contributed by atoms with Crippen molar-refractivity contribution in [3.63, 3.8) is 0 Å². The molecule has 3 atom stereocenters. The third kappa shape index (κ3) is 3.55. The van der Waals surface area contributed by atoms with Gasteiger partial charge >= 0.3 is 0 Å². The van der Waals surface area contributed by atoms with Crippen LogP contribution in [0.5, 0.6) is 0 Å².